The highest BCUT2D eigenvalue weighted by molar-refractivity contribution is 7.85. The maximum absolute atomic E-state index is 10.8. The van der Waals surface area contributed by atoms with Gasteiger partial charge in [0, 0.05) is 0 Å². The van der Waals surface area contributed by atoms with Crippen molar-refractivity contribution in [2.75, 3.05) is 26.2 Å². The van der Waals surface area contributed by atoms with Crippen LogP contribution < -0.4 is 0 Å². The summed E-state index contributed by atoms with van der Waals surface area (Å²) in [5.74, 6) is 0. The van der Waals surface area contributed by atoms with Gasteiger partial charge >= 0.3 is 0 Å². The van der Waals surface area contributed by atoms with Gasteiger partial charge in [-0.15, -0.1) is 0 Å². The molecule has 0 heterocycles. The number of hydrogen-bond acceptors (Lipinski definition) is 3. The van der Waals surface area contributed by atoms with Gasteiger partial charge in [0.25, 0.3) is 0 Å². The van der Waals surface area contributed by atoms with E-state index in [1.54, 1.807) is 19.1 Å². The Morgan fingerprint density at radius 3 is 1.47 bits per heavy atom. The largest absolute Gasteiger partial charge is 0.744 e. The van der Waals surface area contributed by atoms with Gasteiger partial charge in [-0.25, -0.2) is 8.42 Å². The molecule has 0 saturated carbocycles. The number of unbranched alkanes of at least 4 members (excludes halogenated alkanes) is 4. The molecule has 0 atom stereocenters. The molecular formula is C25H45NO3S. The molecule has 0 spiro atoms. The summed E-state index contributed by atoms with van der Waals surface area (Å²) in [7, 11) is -4.39. The van der Waals surface area contributed by atoms with E-state index >= 15 is 0 Å². The summed E-state index contributed by atoms with van der Waals surface area (Å²) >= 11 is 0. The van der Waals surface area contributed by atoms with Gasteiger partial charge in [0.1, 0.15) is 10.1 Å². The second kappa shape index (κ2) is 15.6. The van der Waals surface area contributed by atoms with Crippen LogP contribution in [0.25, 0.3) is 5.57 Å². The first-order valence-electron chi connectivity index (χ1n) is 11.7. The van der Waals surface area contributed by atoms with Crippen molar-refractivity contribution in [1.82, 2.24) is 0 Å². The average molecular weight is 440 g/mol. The Balaban J connectivity index is 0.000000579. The van der Waals surface area contributed by atoms with Crippen LogP contribution in [0.3, 0.4) is 0 Å². The molecule has 174 valence electrons. The standard InChI is InChI=1S/C16H36N.C9H10O3S/c1-5-9-13-17(14-10-6-2,15-11-7-3)16-12-8-4;1-7(2)8-5-3-4-6-9(8)13(10,11)12/h5-16H2,1-4H3;3-6H,1H2,2H3,(H,10,11,12)/q+1;/p-1. The normalized spacial score (nSPS) is 11.7. The number of rotatable bonds is 14. The molecule has 0 unspecified atom stereocenters. The topological polar surface area (TPSA) is 57.2 Å². The summed E-state index contributed by atoms with van der Waals surface area (Å²) in [5, 5.41) is 0. The quantitative estimate of drug-likeness (QED) is 0.241. The van der Waals surface area contributed by atoms with E-state index in [9.17, 15) is 13.0 Å². The zero-order valence-corrected chi connectivity index (χ0v) is 20.9. The Bertz CT molecular complexity index is 661. The van der Waals surface area contributed by atoms with Gasteiger partial charge in [-0.05, 0) is 49.8 Å². The van der Waals surface area contributed by atoms with Crippen LogP contribution >= 0.6 is 0 Å². The van der Waals surface area contributed by atoms with E-state index in [2.05, 4.69) is 34.3 Å². The van der Waals surface area contributed by atoms with Gasteiger partial charge in [0.05, 0.1) is 31.1 Å². The molecule has 4 nitrogen and oxygen atoms in total. The van der Waals surface area contributed by atoms with Gasteiger partial charge < -0.3 is 9.04 Å². The Hall–Kier alpha value is -1.17. The van der Waals surface area contributed by atoms with Gasteiger partial charge in [-0.1, -0.05) is 78.2 Å². The number of quaternary nitrogens is 1. The van der Waals surface area contributed by atoms with E-state index in [4.69, 9.17) is 0 Å². The van der Waals surface area contributed by atoms with Crippen molar-refractivity contribution in [3.8, 4) is 0 Å². The van der Waals surface area contributed by atoms with Crippen LogP contribution in [-0.2, 0) is 10.1 Å². The minimum absolute atomic E-state index is 0.206. The molecule has 30 heavy (non-hydrogen) atoms. The van der Waals surface area contributed by atoms with Crippen molar-refractivity contribution >= 4 is 15.7 Å². The smallest absolute Gasteiger partial charge is 0.125 e. The molecule has 0 saturated heterocycles. The van der Waals surface area contributed by atoms with Crippen LogP contribution in [-0.4, -0.2) is 43.6 Å². The molecule has 0 aliphatic heterocycles. The van der Waals surface area contributed by atoms with Crippen LogP contribution in [0.15, 0.2) is 35.7 Å². The third-order valence-corrected chi connectivity index (χ3v) is 6.45. The Morgan fingerprint density at radius 2 is 1.20 bits per heavy atom. The van der Waals surface area contributed by atoms with Crippen molar-refractivity contribution in [3.63, 3.8) is 0 Å². The first-order valence-corrected chi connectivity index (χ1v) is 13.1. The van der Waals surface area contributed by atoms with Crippen molar-refractivity contribution < 1.29 is 17.5 Å². The highest BCUT2D eigenvalue weighted by Crippen LogP contribution is 2.21. The lowest BCUT2D eigenvalue weighted by atomic mass is 10.1. The van der Waals surface area contributed by atoms with Crippen LogP contribution in [0, 0.1) is 0 Å². The number of allylic oxidation sites excluding steroid dienone is 1. The van der Waals surface area contributed by atoms with Crippen molar-refractivity contribution in [2.45, 2.75) is 90.9 Å². The van der Waals surface area contributed by atoms with Crippen LogP contribution in [0.4, 0.5) is 0 Å². The molecule has 1 aromatic rings. The third kappa shape index (κ3) is 11.3. The summed E-state index contributed by atoms with van der Waals surface area (Å²) in [6.07, 6.45) is 11.1. The number of hydrogen-bond donors (Lipinski definition) is 0. The minimum Gasteiger partial charge on any atom is -0.744 e. The van der Waals surface area contributed by atoms with E-state index in [0.717, 1.165) is 0 Å². The summed E-state index contributed by atoms with van der Waals surface area (Å²) < 4.78 is 33.7. The van der Waals surface area contributed by atoms with Gasteiger partial charge in [-0.3, -0.25) is 0 Å². The molecule has 1 aromatic carbocycles. The summed E-state index contributed by atoms with van der Waals surface area (Å²) in [5.41, 5.74) is 0.951. The van der Waals surface area contributed by atoms with Crippen LogP contribution in [0.5, 0.6) is 0 Å². The highest BCUT2D eigenvalue weighted by atomic mass is 32.2. The summed E-state index contributed by atoms with van der Waals surface area (Å²) in [6, 6.07) is 6.02. The van der Waals surface area contributed by atoms with E-state index in [1.807, 2.05) is 0 Å². The first kappa shape index (κ1) is 28.8. The molecule has 1 rings (SSSR count). The van der Waals surface area contributed by atoms with Gasteiger partial charge in [0.2, 0.25) is 0 Å². The number of benzene rings is 1. The third-order valence-electron chi connectivity index (χ3n) is 5.56. The maximum Gasteiger partial charge on any atom is 0.125 e. The van der Waals surface area contributed by atoms with Gasteiger partial charge in [-0.2, -0.15) is 0 Å². The fraction of sp³-hybridized carbons (Fsp3) is 0.680. The molecule has 0 amide bonds. The molecule has 0 aliphatic carbocycles. The van der Waals surface area contributed by atoms with Crippen molar-refractivity contribution in [2.24, 2.45) is 0 Å². The summed E-state index contributed by atoms with van der Waals surface area (Å²) in [4.78, 5) is -0.206. The molecule has 0 bridgehead atoms. The van der Waals surface area contributed by atoms with Crippen LogP contribution in [0.2, 0.25) is 0 Å². The van der Waals surface area contributed by atoms with Crippen molar-refractivity contribution in [1.29, 1.82) is 0 Å². The Morgan fingerprint density at radius 1 is 0.833 bits per heavy atom. The van der Waals surface area contributed by atoms with E-state index in [-0.39, 0.29) is 4.90 Å². The second-order valence-electron chi connectivity index (χ2n) is 8.38. The van der Waals surface area contributed by atoms with E-state index in [0.29, 0.717) is 11.1 Å². The minimum atomic E-state index is -4.39. The Kier molecular flexibility index (Phi) is 15.0. The lowest BCUT2D eigenvalue weighted by Gasteiger charge is -2.39. The maximum atomic E-state index is 10.8. The molecule has 0 N–H and O–H groups in total. The van der Waals surface area contributed by atoms with Crippen molar-refractivity contribution in [3.05, 3.63) is 36.4 Å². The molecule has 5 heteroatoms. The second-order valence-corrected chi connectivity index (χ2v) is 9.73. The fourth-order valence-corrected chi connectivity index (χ4v) is 4.44. The van der Waals surface area contributed by atoms with Gasteiger partial charge in [0.15, 0.2) is 0 Å². The fourth-order valence-electron chi connectivity index (χ4n) is 3.68. The van der Waals surface area contributed by atoms with E-state index in [1.165, 1.54) is 94.2 Å². The zero-order chi connectivity index (χ0) is 23.0. The Labute approximate surface area is 186 Å². The van der Waals surface area contributed by atoms with Crippen LogP contribution in [0.1, 0.15) is 91.5 Å². The predicted octanol–water partition coefficient (Wildman–Crippen LogP) is 6.63. The summed E-state index contributed by atoms with van der Waals surface area (Å²) in [6.45, 7) is 20.3. The zero-order valence-electron chi connectivity index (χ0n) is 20.1. The molecule has 0 radical (unpaired) electrons. The first-order chi connectivity index (χ1) is 14.2. The lowest BCUT2D eigenvalue weighted by Crippen LogP contribution is -2.50. The lowest BCUT2D eigenvalue weighted by molar-refractivity contribution is -0.929. The van der Waals surface area contributed by atoms with E-state index < -0.39 is 10.1 Å². The monoisotopic (exact) mass is 439 g/mol. The molecule has 0 fully saturated rings. The molecule has 0 aromatic heterocycles. The SMILES string of the molecule is C=C(C)c1ccccc1S(=O)(=O)[O-].CCCC[N+](CCCC)(CCCC)CCCC. The molecular weight excluding hydrogens is 394 g/mol. The predicted molar refractivity (Wildman–Crippen MR) is 128 cm³/mol. The number of nitrogens with zero attached hydrogens (tertiary/aromatic N) is 1. The molecule has 0 aliphatic rings. The highest BCUT2D eigenvalue weighted by Gasteiger charge is 2.24. The average Bonchev–Trinajstić information content (AvgIpc) is 2.72.